The molecule has 0 aliphatic rings. The first-order valence-corrected chi connectivity index (χ1v) is 5.41. The fourth-order valence-corrected chi connectivity index (χ4v) is 1.72. The van der Waals surface area contributed by atoms with Crippen LogP contribution in [0.1, 0.15) is 22.3 Å². The SMILES string of the molecule is Cc1ccc(CN(C)CCO)c(C)c1C. The van der Waals surface area contributed by atoms with Crippen LogP contribution in [0.5, 0.6) is 0 Å². The normalized spacial score (nSPS) is 11.1. The summed E-state index contributed by atoms with van der Waals surface area (Å²) in [6, 6.07) is 4.36. The molecule has 1 aromatic carbocycles. The minimum absolute atomic E-state index is 0.223. The van der Waals surface area contributed by atoms with Crippen molar-refractivity contribution in [3.63, 3.8) is 0 Å². The summed E-state index contributed by atoms with van der Waals surface area (Å²) in [5, 5.41) is 8.84. The number of rotatable bonds is 4. The van der Waals surface area contributed by atoms with Gasteiger partial charge in [0.05, 0.1) is 6.61 Å². The van der Waals surface area contributed by atoms with Crippen LogP contribution < -0.4 is 0 Å². The lowest BCUT2D eigenvalue weighted by Gasteiger charge is -2.18. The molecule has 0 atom stereocenters. The van der Waals surface area contributed by atoms with Gasteiger partial charge in [-0.15, -0.1) is 0 Å². The molecule has 1 aromatic rings. The summed E-state index contributed by atoms with van der Waals surface area (Å²) >= 11 is 0. The van der Waals surface area contributed by atoms with Gasteiger partial charge in [0.1, 0.15) is 0 Å². The smallest absolute Gasteiger partial charge is 0.0558 e. The zero-order valence-electron chi connectivity index (χ0n) is 10.2. The average Bonchev–Trinajstić information content (AvgIpc) is 2.20. The second-order valence-electron chi connectivity index (χ2n) is 4.25. The Morgan fingerprint density at radius 2 is 1.80 bits per heavy atom. The van der Waals surface area contributed by atoms with Crippen molar-refractivity contribution in [2.45, 2.75) is 27.3 Å². The molecule has 0 radical (unpaired) electrons. The molecule has 0 aromatic heterocycles. The maximum Gasteiger partial charge on any atom is 0.0558 e. The summed E-state index contributed by atoms with van der Waals surface area (Å²) in [7, 11) is 2.03. The van der Waals surface area contributed by atoms with Crippen molar-refractivity contribution >= 4 is 0 Å². The molecule has 2 heteroatoms. The van der Waals surface area contributed by atoms with E-state index in [9.17, 15) is 0 Å². The third kappa shape index (κ3) is 3.05. The van der Waals surface area contributed by atoms with E-state index in [-0.39, 0.29) is 6.61 Å². The van der Waals surface area contributed by atoms with E-state index in [2.05, 4.69) is 37.8 Å². The van der Waals surface area contributed by atoms with Crippen LogP contribution in [0, 0.1) is 20.8 Å². The summed E-state index contributed by atoms with van der Waals surface area (Å²) in [6.07, 6.45) is 0. The fraction of sp³-hybridized carbons (Fsp3) is 0.538. The van der Waals surface area contributed by atoms with E-state index >= 15 is 0 Å². The lowest BCUT2D eigenvalue weighted by molar-refractivity contribution is 0.217. The highest BCUT2D eigenvalue weighted by atomic mass is 16.3. The Labute approximate surface area is 92.5 Å². The molecule has 2 nitrogen and oxygen atoms in total. The van der Waals surface area contributed by atoms with Gasteiger partial charge in [-0.1, -0.05) is 12.1 Å². The van der Waals surface area contributed by atoms with E-state index in [1.165, 1.54) is 22.3 Å². The number of nitrogens with zero attached hydrogens (tertiary/aromatic N) is 1. The van der Waals surface area contributed by atoms with Gasteiger partial charge in [-0.25, -0.2) is 0 Å². The zero-order valence-corrected chi connectivity index (χ0v) is 10.2. The minimum Gasteiger partial charge on any atom is -0.395 e. The summed E-state index contributed by atoms with van der Waals surface area (Å²) in [4.78, 5) is 2.14. The monoisotopic (exact) mass is 207 g/mol. The average molecular weight is 207 g/mol. The number of aryl methyl sites for hydroxylation is 1. The quantitative estimate of drug-likeness (QED) is 0.816. The van der Waals surface area contributed by atoms with E-state index < -0.39 is 0 Å². The van der Waals surface area contributed by atoms with Crippen molar-refractivity contribution in [3.05, 3.63) is 34.4 Å². The predicted octanol–water partition coefficient (Wildman–Crippen LogP) is 2.04. The largest absolute Gasteiger partial charge is 0.395 e. The highest BCUT2D eigenvalue weighted by molar-refractivity contribution is 5.38. The molecule has 0 bridgehead atoms. The maximum atomic E-state index is 8.84. The first-order valence-electron chi connectivity index (χ1n) is 5.41. The second-order valence-corrected chi connectivity index (χ2v) is 4.25. The van der Waals surface area contributed by atoms with Crippen LogP contribution in [0.15, 0.2) is 12.1 Å². The van der Waals surface area contributed by atoms with Gasteiger partial charge in [-0.2, -0.15) is 0 Å². The molecule has 84 valence electrons. The molecule has 0 unspecified atom stereocenters. The molecule has 0 saturated carbocycles. The number of aliphatic hydroxyl groups is 1. The van der Waals surface area contributed by atoms with E-state index in [0.717, 1.165) is 13.1 Å². The third-order valence-corrected chi connectivity index (χ3v) is 3.09. The molecule has 0 spiro atoms. The molecule has 0 saturated heterocycles. The van der Waals surface area contributed by atoms with E-state index in [0.29, 0.717) is 0 Å². The molecule has 0 fully saturated rings. The first kappa shape index (κ1) is 12.2. The van der Waals surface area contributed by atoms with Crippen molar-refractivity contribution in [2.75, 3.05) is 20.2 Å². The lowest BCUT2D eigenvalue weighted by Crippen LogP contribution is -2.22. The van der Waals surface area contributed by atoms with Gasteiger partial charge in [0.2, 0.25) is 0 Å². The number of benzene rings is 1. The molecular formula is C13H21NO. The van der Waals surface area contributed by atoms with Crippen LogP contribution in [0.3, 0.4) is 0 Å². The molecular weight excluding hydrogens is 186 g/mol. The van der Waals surface area contributed by atoms with Crippen LogP contribution in [0.25, 0.3) is 0 Å². The minimum atomic E-state index is 0.223. The summed E-state index contributed by atoms with van der Waals surface area (Å²) in [5.74, 6) is 0. The van der Waals surface area contributed by atoms with Gasteiger partial charge < -0.3 is 5.11 Å². The Hall–Kier alpha value is -0.860. The Kier molecular flexibility index (Phi) is 4.30. The van der Waals surface area contributed by atoms with Crippen molar-refractivity contribution in [2.24, 2.45) is 0 Å². The lowest BCUT2D eigenvalue weighted by atomic mass is 9.99. The molecule has 0 amide bonds. The van der Waals surface area contributed by atoms with E-state index in [1.54, 1.807) is 0 Å². The number of hydrogen-bond acceptors (Lipinski definition) is 2. The predicted molar refractivity (Wildman–Crippen MR) is 64.1 cm³/mol. The van der Waals surface area contributed by atoms with Crippen LogP contribution in [-0.2, 0) is 6.54 Å². The van der Waals surface area contributed by atoms with Gasteiger partial charge >= 0.3 is 0 Å². The molecule has 1 N–H and O–H groups in total. The topological polar surface area (TPSA) is 23.5 Å². The van der Waals surface area contributed by atoms with Gasteiger partial charge in [0, 0.05) is 13.1 Å². The van der Waals surface area contributed by atoms with Crippen molar-refractivity contribution < 1.29 is 5.11 Å². The van der Waals surface area contributed by atoms with Crippen molar-refractivity contribution in [1.82, 2.24) is 4.90 Å². The summed E-state index contributed by atoms with van der Waals surface area (Å²) in [6.45, 7) is 8.34. The Morgan fingerprint density at radius 3 is 2.40 bits per heavy atom. The standard InChI is InChI=1S/C13H21NO/c1-10-5-6-13(12(3)11(10)2)9-14(4)7-8-15/h5-6,15H,7-9H2,1-4H3. The highest BCUT2D eigenvalue weighted by Crippen LogP contribution is 2.18. The Balaban J connectivity index is 2.82. The van der Waals surface area contributed by atoms with Crippen LogP contribution in [-0.4, -0.2) is 30.2 Å². The maximum absolute atomic E-state index is 8.84. The second kappa shape index (κ2) is 5.29. The molecule has 15 heavy (non-hydrogen) atoms. The van der Waals surface area contributed by atoms with Crippen molar-refractivity contribution in [3.8, 4) is 0 Å². The van der Waals surface area contributed by atoms with E-state index in [1.807, 2.05) is 7.05 Å². The molecule has 0 aliphatic heterocycles. The highest BCUT2D eigenvalue weighted by Gasteiger charge is 2.05. The van der Waals surface area contributed by atoms with Crippen LogP contribution in [0.2, 0.25) is 0 Å². The Morgan fingerprint density at radius 1 is 1.13 bits per heavy atom. The summed E-state index contributed by atoms with van der Waals surface area (Å²) in [5.41, 5.74) is 5.46. The zero-order chi connectivity index (χ0) is 11.4. The fourth-order valence-electron chi connectivity index (χ4n) is 1.72. The molecule has 0 aliphatic carbocycles. The van der Waals surface area contributed by atoms with Gasteiger partial charge in [0.25, 0.3) is 0 Å². The van der Waals surface area contributed by atoms with Gasteiger partial charge in [-0.05, 0) is 50.1 Å². The van der Waals surface area contributed by atoms with E-state index in [4.69, 9.17) is 5.11 Å². The van der Waals surface area contributed by atoms with Crippen molar-refractivity contribution in [1.29, 1.82) is 0 Å². The number of hydrogen-bond donors (Lipinski definition) is 1. The Bertz CT molecular complexity index is 334. The number of likely N-dealkylation sites (N-methyl/N-ethyl adjacent to an activating group) is 1. The summed E-state index contributed by atoms with van der Waals surface area (Å²) < 4.78 is 0. The molecule has 1 rings (SSSR count). The molecule has 0 heterocycles. The third-order valence-electron chi connectivity index (χ3n) is 3.09. The van der Waals surface area contributed by atoms with Crippen LogP contribution in [0.4, 0.5) is 0 Å². The first-order chi connectivity index (χ1) is 7.06. The van der Waals surface area contributed by atoms with Crippen LogP contribution >= 0.6 is 0 Å². The number of aliphatic hydroxyl groups excluding tert-OH is 1. The van der Waals surface area contributed by atoms with Gasteiger partial charge in [0.15, 0.2) is 0 Å². The van der Waals surface area contributed by atoms with Gasteiger partial charge in [-0.3, -0.25) is 4.90 Å².